The van der Waals surface area contributed by atoms with E-state index in [1.165, 1.54) is 0 Å². The number of likely N-dealkylation sites (tertiary alicyclic amines) is 1. The SMILES string of the molecule is COc1cc(CNC(=O)C2CCCN(C(=O)Nc3ccccc3)C2)ccn1. The molecular weight excluding hydrogens is 344 g/mol. The molecule has 7 nitrogen and oxygen atoms in total. The van der Waals surface area contributed by atoms with Crippen molar-refractivity contribution in [3.63, 3.8) is 0 Å². The summed E-state index contributed by atoms with van der Waals surface area (Å²) in [4.78, 5) is 30.7. The summed E-state index contributed by atoms with van der Waals surface area (Å²) in [7, 11) is 1.56. The normalized spacial score (nSPS) is 16.5. The van der Waals surface area contributed by atoms with Gasteiger partial charge in [0.25, 0.3) is 0 Å². The molecule has 3 rings (SSSR count). The van der Waals surface area contributed by atoms with Crippen LogP contribution in [-0.2, 0) is 11.3 Å². The summed E-state index contributed by atoms with van der Waals surface area (Å²) >= 11 is 0. The van der Waals surface area contributed by atoms with Gasteiger partial charge in [0.1, 0.15) is 0 Å². The molecule has 0 radical (unpaired) electrons. The van der Waals surface area contributed by atoms with E-state index < -0.39 is 0 Å². The number of benzene rings is 1. The van der Waals surface area contributed by atoms with Gasteiger partial charge in [-0.25, -0.2) is 9.78 Å². The number of urea groups is 1. The summed E-state index contributed by atoms with van der Waals surface area (Å²) in [5.74, 6) is 0.273. The molecule has 1 fully saturated rings. The number of hydrogen-bond donors (Lipinski definition) is 2. The summed E-state index contributed by atoms with van der Waals surface area (Å²) in [5.41, 5.74) is 1.67. The first-order valence-corrected chi connectivity index (χ1v) is 9.03. The topological polar surface area (TPSA) is 83.6 Å². The van der Waals surface area contributed by atoms with Crippen LogP contribution in [-0.4, -0.2) is 42.0 Å². The lowest BCUT2D eigenvalue weighted by molar-refractivity contribution is -0.126. The number of anilines is 1. The van der Waals surface area contributed by atoms with E-state index >= 15 is 0 Å². The molecule has 0 aliphatic carbocycles. The van der Waals surface area contributed by atoms with Gasteiger partial charge in [0, 0.05) is 37.6 Å². The van der Waals surface area contributed by atoms with Crippen molar-refractivity contribution in [3.05, 3.63) is 54.2 Å². The van der Waals surface area contributed by atoms with Crippen LogP contribution >= 0.6 is 0 Å². The maximum absolute atomic E-state index is 12.5. The highest BCUT2D eigenvalue weighted by Crippen LogP contribution is 2.18. The number of rotatable bonds is 5. The molecule has 2 heterocycles. The highest BCUT2D eigenvalue weighted by atomic mass is 16.5. The quantitative estimate of drug-likeness (QED) is 0.850. The Kier molecular flexibility index (Phi) is 6.25. The fourth-order valence-electron chi connectivity index (χ4n) is 3.11. The van der Waals surface area contributed by atoms with Crippen LogP contribution < -0.4 is 15.4 Å². The van der Waals surface area contributed by atoms with Crippen LogP contribution in [0.5, 0.6) is 5.88 Å². The van der Waals surface area contributed by atoms with Gasteiger partial charge < -0.3 is 20.3 Å². The van der Waals surface area contributed by atoms with Crippen molar-refractivity contribution in [1.29, 1.82) is 0 Å². The Labute approximate surface area is 158 Å². The molecule has 1 aliphatic rings. The molecule has 2 aromatic rings. The number of piperidine rings is 1. The van der Waals surface area contributed by atoms with Crippen molar-refractivity contribution in [3.8, 4) is 5.88 Å². The molecule has 27 heavy (non-hydrogen) atoms. The molecule has 1 aromatic heterocycles. The molecule has 0 bridgehead atoms. The highest BCUT2D eigenvalue weighted by Gasteiger charge is 2.28. The molecule has 3 amide bonds. The molecule has 1 saturated heterocycles. The number of amides is 3. The molecule has 0 spiro atoms. The number of ether oxygens (including phenoxy) is 1. The van der Waals surface area contributed by atoms with Gasteiger partial charge in [-0.1, -0.05) is 18.2 Å². The number of nitrogens with zero attached hydrogens (tertiary/aromatic N) is 2. The van der Waals surface area contributed by atoms with Gasteiger partial charge in [-0.15, -0.1) is 0 Å². The van der Waals surface area contributed by atoms with E-state index in [9.17, 15) is 9.59 Å². The number of methoxy groups -OCH3 is 1. The number of carbonyl (C=O) groups excluding carboxylic acids is 2. The summed E-state index contributed by atoms with van der Waals surface area (Å²) in [5, 5.41) is 5.82. The standard InChI is InChI=1S/C20H24N4O3/c1-27-18-12-15(9-10-21-18)13-22-19(25)16-6-5-11-24(14-16)20(26)23-17-7-3-2-4-8-17/h2-4,7-10,12,16H,5-6,11,13-14H2,1H3,(H,22,25)(H,23,26). The minimum absolute atomic E-state index is 0.0389. The first-order valence-electron chi connectivity index (χ1n) is 9.03. The second kappa shape index (κ2) is 9.02. The van der Waals surface area contributed by atoms with E-state index in [4.69, 9.17) is 4.74 Å². The van der Waals surface area contributed by atoms with E-state index in [1.54, 1.807) is 24.3 Å². The third kappa shape index (κ3) is 5.20. The van der Waals surface area contributed by atoms with Crippen molar-refractivity contribution in [2.75, 3.05) is 25.5 Å². The zero-order valence-corrected chi connectivity index (χ0v) is 15.4. The number of para-hydroxylation sites is 1. The predicted molar refractivity (Wildman–Crippen MR) is 102 cm³/mol. The monoisotopic (exact) mass is 368 g/mol. The third-order valence-electron chi connectivity index (χ3n) is 4.58. The van der Waals surface area contributed by atoms with Crippen molar-refractivity contribution in [2.45, 2.75) is 19.4 Å². The van der Waals surface area contributed by atoms with E-state index in [0.717, 1.165) is 24.1 Å². The van der Waals surface area contributed by atoms with Crippen molar-refractivity contribution in [2.24, 2.45) is 5.92 Å². The minimum Gasteiger partial charge on any atom is -0.481 e. The van der Waals surface area contributed by atoms with Crippen LogP contribution in [0, 0.1) is 5.92 Å². The Hall–Kier alpha value is -3.09. The van der Waals surface area contributed by atoms with Gasteiger partial charge in [-0.2, -0.15) is 0 Å². The molecular formula is C20H24N4O3. The Bertz CT molecular complexity index is 782. The molecule has 1 atom stereocenters. The summed E-state index contributed by atoms with van der Waals surface area (Å²) < 4.78 is 5.09. The van der Waals surface area contributed by atoms with Gasteiger partial charge in [-0.05, 0) is 36.6 Å². The zero-order valence-electron chi connectivity index (χ0n) is 15.4. The minimum atomic E-state index is -0.205. The van der Waals surface area contributed by atoms with Crippen LogP contribution in [0.25, 0.3) is 0 Å². The highest BCUT2D eigenvalue weighted by molar-refractivity contribution is 5.90. The first kappa shape index (κ1) is 18.7. The Morgan fingerprint density at radius 2 is 2.07 bits per heavy atom. The average Bonchev–Trinajstić information content (AvgIpc) is 2.73. The number of hydrogen-bond acceptors (Lipinski definition) is 4. The van der Waals surface area contributed by atoms with Crippen molar-refractivity contribution < 1.29 is 14.3 Å². The van der Waals surface area contributed by atoms with Crippen LogP contribution in [0.3, 0.4) is 0 Å². The Morgan fingerprint density at radius 3 is 2.85 bits per heavy atom. The summed E-state index contributed by atoms with van der Waals surface area (Å²) in [6, 6.07) is 12.8. The fourth-order valence-corrected chi connectivity index (χ4v) is 3.11. The van der Waals surface area contributed by atoms with E-state index in [2.05, 4.69) is 15.6 Å². The third-order valence-corrected chi connectivity index (χ3v) is 4.58. The summed E-state index contributed by atoms with van der Waals surface area (Å²) in [6.07, 6.45) is 3.24. The van der Waals surface area contributed by atoms with E-state index in [1.807, 2.05) is 36.4 Å². The maximum atomic E-state index is 12.5. The second-order valence-corrected chi connectivity index (χ2v) is 6.51. The summed E-state index contributed by atoms with van der Waals surface area (Å²) in [6.45, 7) is 1.48. The lowest BCUT2D eigenvalue weighted by atomic mass is 9.97. The molecule has 1 unspecified atom stereocenters. The van der Waals surface area contributed by atoms with E-state index in [0.29, 0.717) is 25.5 Å². The Morgan fingerprint density at radius 1 is 1.26 bits per heavy atom. The lowest BCUT2D eigenvalue weighted by Gasteiger charge is -2.32. The lowest BCUT2D eigenvalue weighted by Crippen LogP contribution is -2.46. The van der Waals surface area contributed by atoms with E-state index in [-0.39, 0.29) is 17.9 Å². The van der Waals surface area contributed by atoms with Crippen molar-refractivity contribution >= 4 is 17.6 Å². The molecule has 1 aliphatic heterocycles. The molecule has 142 valence electrons. The van der Waals surface area contributed by atoms with Crippen LogP contribution in [0.15, 0.2) is 48.7 Å². The first-order chi connectivity index (χ1) is 13.2. The molecule has 2 N–H and O–H groups in total. The van der Waals surface area contributed by atoms with Crippen LogP contribution in [0.2, 0.25) is 0 Å². The van der Waals surface area contributed by atoms with Gasteiger partial charge in [0.2, 0.25) is 11.8 Å². The molecule has 0 saturated carbocycles. The second-order valence-electron chi connectivity index (χ2n) is 6.51. The maximum Gasteiger partial charge on any atom is 0.321 e. The number of nitrogens with one attached hydrogen (secondary N) is 2. The van der Waals surface area contributed by atoms with Crippen LogP contribution in [0.1, 0.15) is 18.4 Å². The largest absolute Gasteiger partial charge is 0.481 e. The smallest absolute Gasteiger partial charge is 0.321 e. The van der Waals surface area contributed by atoms with Crippen molar-refractivity contribution in [1.82, 2.24) is 15.2 Å². The fraction of sp³-hybridized carbons (Fsp3) is 0.350. The van der Waals surface area contributed by atoms with Gasteiger partial charge >= 0.3 is 6.03 Å². The predicted octanol–water partition coefficient (Wildman–Crippen LogP) is 2.65. The molecule has 1 aromatic carbocycles. The number of aromatic nitrogens is 1. The van der Waals surface area contributed by atoms with Crippen LogP contribution in [0.4, 0.5) is 10.5 Å². The van der Waals surface area contributed by atoms with Gasteiger partial charge in [0.05, 0.1) is 13.0 Å². The zero-order chi connectivity index (χ0) is 19.1. The average molecular weight is 368 g/mol. The Balaban J connectivity index is 1.52. The molecule has 7 heteroatoms. The number of carbonyl (C=O) groups is 2. The van der Waals surface area contributed by atoms with Gasteiger partial charge in [0.15, 0.2) is 0 Å². The number of pyridine rings is 1. The van der Waals surface area contributed by atoms with Gasteiger partial charge in [-0.3, -0.25) is 4.79 Å².